The van der Waals surface area contributed by atoms with Gasteiger partial charge in [0, 0.05) is 13.2 Å². The summed E-state index contributed by atoms with van der Waals surface area (Å²) in [6.45, 7) is 6.17. The first kappa shape index (κ1) is 10.9. The fourth-order valence-corrected chi connectivity index (χ4v) is 1.06. The van der Waals surface area contributed by atoms with Gasteiger partial charge >= 0.3 is 0 Å². The van der Waals surface area contributed by atoms with Crippen LogP contribution in [0.25, 0.3) is 0 Å². The lowest BCUT2D eigenvalue weighted by atomic mass is 10.0. The number of hydroxylamine groups is 1. The molecular formula is C8H19NO2. The molecule has 0 saturated carbocycles. The van der Waals surface area contributed by atoms with Crippen LogP contribution >= 0.6 is 0 Å². The molecule has 0 aromatic carbocycles. The zero-order chi connectivity index (χ0) is 8.91. The second-order valence-electron chi connectivity index (χ2n) is 3.39. The van der Waals surface area contributed by atoms with Crippen LogP contribution < -0.4 is 5.48 Å². The maximum Gasteiger partial charge on any atom is 0.0638 e. The molecule has 3 nitrogen and oxygen atoms in total. The molecule has 0 saturated heterocycles. The Morgan fingerprint density at radius 2 is 1.91 bits per heavy atom. The van der Waals surface area contributed by atoms with Crippen molar-refractivity contribution in [2.45, 2.75) is 38.8 Å². The smallest absolute Gasteiger partial charge is 0.0638 e. The molecule has 0 spiro atoms. The van der Waals surface area contributed by atoms with E-state index in [1.165, 1.54) is 0 Å². The summed E-state index contributed by atoms with van der Waals surface area (Å²) in [4.78, 5) is 4.79. The summed E-state index contributed by atoms with van der Waals surface area (Å²) in [5, 5.41) is 0. The highest BCUT2D eigenvalue weighted by Crippen LogP contribution is 2.14. The first-order chi connectivity index (χ1) is 5.02. The van der Waals surface area contributed by atoms with Gasteiger partial charge in [-0.1, -0.05) is 0 Å². The summed E-state index contributed by atoms with van der Waals surface area (Å²) in [6, 6.07) is 0.315. The summed E-state index contributed by atoms with van der Waals surface area (Å²) in [5.74, 6) is 0. The van der Waals surface area contributed by atoms with Gasteiger partial charge in [0.05, 0.1) is 12.7 Å². The van der Waals surface area contributed by atoms with Crippen molar-refractivity contribution in [1.29, 1.82) is 0 Å². The van der Waals surface area contributed by atoms with E-state index < -0.39 is 0 Å². The van der Waals surface area contributed by atoms with Gasteiger partial charge in [0.2, 0.25) is 0 Å². The third kappa shape index (κ3) is 5.18. The van der Waals surface area contributed by atoms with Crippen molar-refractivity contribution in [2.24, 2.45) is 0 Å². The zero-order valence-corrected chi connectivity index (χ0v) is 8.10. The van der Waals surface area contributed by atoms with Crippen LogP contribution in [-0.4, -0.2) is 25.9 Å². The van der Waals surface area contributed by atoms with E-state index in [9.17, 15) is 0 Å². The number of ether oxygens (including phenoxy) is 1. The molecule has 0 radical (unpaired) electrons. The topological polar surface area (TPSA) is 30.5 Å². The largest absolute Gasteiger partial charge is 0.379 e. The SMILES string of the molecule is CONC(C)CC(C)(C)OC. The molecular weight excluding hydrogens is 142 g/mol. The molecule has 11 heavy (non-hydrogen) atoms. The fourth-order valence-electron chi connectivity index (χ4n) is 1.06. The van der Waals surface area contributed by atoms with Crippen molar-refractivity contribution in [3.63, 3.8) is 0 Å². The van der Waals surface area contributed by atoms with Crippen LogP contribution in [0.2, 0.25) is 0 Å². The lowest BCUT2D eigenvalue weighted by Gasteiger charge is -2.26. The Kier molecular flexibility index (Phi) is 4.65. The van der Waals surface area contributed by atoms with Crippen LogP contribution in [0.1, 0.15) is 27.2 Å². The van der Waals surface area contributed by atoms with Crippen molar-refractivity contribution < 1.29 is 9.57 Å². The van der Waals surface area contributed by atoms with E-state index in [2.05, 4.69) is 26.3 Å². The molecule has 0 aliphatic carbocycles. The molecule has 0 fully saturated rings. The van der Waals surface area contributed by atoms with Gasteiger partial charge in [-0.05, 0) is 27.2 Å². The van der Waals surface area contributed by atoms with Crippen LogP contribution in [0, 0.1) is 0 Å². The van der Waals surface area contributed by atoms with E-state index in [1.807, 2.05) is 0 Å². The molecule has 0 aromatic rings. The summed E-state index contributed by atoms with van der Waals surface area (Å²) in [7, 11) is 3.34. The Hall–Kier alpha value is -0.120. The van der Waals surface area contributed by atoms with Gasteiger partial charge in [0.25, 0.3) is 0 Å². The van der Waals surface area contributed by atoms with Gasteiger partial charge in [-0.15, -0.1) is 0 Å². The lowest BCUT2D eigenvalue weighted by Crippen LogP contribution is -2.35. The van der Waals surface area contributed by atoms with Crippen molar-refractivity contribution in [3.05, 3.63) is 0 Å². The second kappa shape index (κ2) is 4.70. The number of hydrogen-bond donors (Lipinski definition) is 1. The molecule has 0 aliphatic heterocycles. The van der Waals surface area contributed by atoms with Crippen molar-refractivity contribution in [1.82, 2.24) is 5.48 Å². The van der Waals surface area contributed by atoms with E-state index in [4.69, 9.17) is 9.57 Å². The molecule has 1 atom stereocenters. The summed E-state index contributed by atoms with van der Waals surface area (Å²) < 4.78 is 5.26. The minimum atomic E-state index is -0.0784. The van der Waals surface area contributed by atoms with Gasteiger partial charge in [0.15, 0.2) is 0 Å². The molecule has 1 N–H and O–H groups in total. The van der Waals surface area contributed by atoms with Gasteiger partial charge in [-0.2, -0.15) is 5.48 Å². The maximum atomic E-state index is 5.26. The first-order valence-corrected chi connectivity index (χ1v) is 3.85. The lowest BCUT2D eigenvalue weighted by molar-refractivity contribution is -0.0155. The Bertz CT molecular complexity index is 104. The van der Waals surface area contributed by atoms with Crippen LogP contribution in [0.4, 0.5) is 0 Å². The molecule has 0 amide bonds. The second-order valence-corrected chi connectivity index (χ2v) is 3.39. The van der Waals surface area contributed by atoms with Gasteiger partial charge in [0.1, 0.15) is 0 Å². The molecule has 1 unspecified atom stereocenters. The first-order valence-electron chi connectivity index (χ1n) is 3.85. The summed E-state index contributed by atoms with van der Waals surface area (Å²) in [6.07, 6.45) is 0.928. The average Bonchev–Trinajstić information content (AvgIpc) is 1.87. The molecule has 0 rings (SSSR count). The van der Waals surface area contributed by atoms with Crippen LogP contribution in [0.3, 0.4) is 0 Å². The molecule has 0 heterocycles. The van der Waals surface area contributed by atoms with E-state index in [-0.39, 0.29) is 5.60 Å². The highest BCUT2D eigenvalue weighted by atomic mass is 16.6. The van der Waals surface area contributed by atoms with Crippen LogP contribution in [-0.2, 0) is 9.57 Å². The Balaban J connectivity index is 3.64. The molecule has 68 valence electrons. The normalized spacial score (nSPS) is 15.0. The van der Waals surface area contributed by atoms with Crippen molar-refractivity contribution in [2.75, 3.05) is 14.2 Å². The van der Waals surface area contributed by atoms with Gasteiger partial charge in [-0.3, -0.25) is 0 Å². The van der Waals surface area contributed by atoms with Crippen LogP contribution in [0.15, 0.2) is 0 Å². The molecule has 0 aliphatic rings. The van der Waals surface area contributed by atoms with E-state index >= 15 is 0 Å². The minimum Gasteiger partial charge on any atom is -0.379 e. The van der Waals surface area contributed by atoms with E-state index in [0.29, 0.717) is 6.04 Å². The van der Waals surface area contributed by atoms with Crippen LogP contribution in [0.5, 0.6) is 0 Å². The monoisotopic (exact) mass is 161 g/mol. The number of methoxy groups -OCH3 is 1. The van der Waals surface area contributed by atoms with Gasteiger partial charge in [-0.25, -0.2) is 0 Å². The Morgan fingerprint density at radius 1 is 1.36 bits per heavy atom. The summed E-state index contributed by atoms with van der Waals surface area (Å²) in [5.41, 5.74) is 2.78. The number of nitrogens with one attached hydrogen (secondary N) is 1. The Labute approximate surface area is 69.0 Å². The predicted molar refractivity (Wildman–Crippen MR) is 45.3 cm³/mol. The minimum absolute atomic E-state index is 0.0784. The average molecular weight is 161 g/mol. The predicted octanol–water partition coefficient (Wildman–Crippen LogP) is 1.34. The Morgan fingerprint density at radius 3 is 2.27 bits per heavy atom. The standard InChI is InChI=1S/C8H19NO2/c1-7(9-11-5)6-8(2,3)10-4/h7,9H,6H2,1-5H3. The molecule has 0 aromatic heterocycles. The molecule has 3 heteroatoms. The quantitative estimate of drug-likeness (QED) is 0.617. The third-order valence-electron chi connectivity index (χ3n) is 1.67. The van der Waals surface area contributed by atoms with Crippen molar-refractivity contribution in [3.8, 4) is 0 Å². The van der Waals surface area contributed by atoms with Crippen molar-refractivity contribution >= 4 is 0 Å². The number of hydrogen-bond acceptors (Lipinski definition) is 3. The fraction of sp³-hybridized carbons (Fsp3) is 1.00. The highest BCUT2D eigenvalue weighted by Gasteiger charge is 2.19. The molecule has 0 bridgehead atoms. The third-order valence-corrected chi connectivity index (χ3v) is 1.67. The zero-order valence-electron chi connectivity index (χ0n) is 8.10. The highest BCUT2D eigenvalue weighted by molar-refractivity contribution is 4.73. The van der Waals surface area contributed by atoms with Gasteiger partial charge < -0.3 is 9.57 Å². The maximum absolute atomic E-state index is 5.26. The number of rotatable bonds is 5. The summed E-state index contributed by atoms with van der Waals surface area (Å²) >= 11 is 0. The van der Waals surface area contributed by atoms with E-state index in [0.717, 1.165) is 6.42 Å². The van der Waals surface area contributed by atoms with E-state index in [1.54, 1.807) is 14.2 Å².